The number of hydrogen-bond acceptors (Lipinski definition) is 6. The molecule has 0 aromatic carbocycles. The summed E-state index contributed by atoms with van der Waals surface area (Å²) in [6.07, 6.45) is 3.49. The monoisotopic (exact) mass is 284 g/mol. The number of carbonyl (C=O) groups is 1. The smallest absolute Gasteiger partial charge is 0.265 e. The first-order valence-corrected chi connectivity index (χ1v) is 7.32. The minimum Gasteiger partial charge on any atom is -0.393 e. The second-order valence-corrected chi connectivity index (χ2v) is 5.88. The van der Waals surface area contributed by atoms with Gasteiger partial charge in [-0.05, 0) is 25.2 Å². The molecule has 1 heterocycles. The molecule has 2 unspecified atom stereocenters. The molecule has 1 amide bonds. The van der Waals surface area contributed by atoms with Gasteiger partial charge in [-0.15, -0.1) is 0 Å². The number of carbonyl (C=O) groups excluding carboxylic acids is 1. The van der Waals surface area contributed by atoms with Crippen LogP contribution >= 0.6 is 11.3 Å². The van der Waals surface area contributed by atoms with Gasteiger partial charge in [0, 0.05) is 13.6 Å². The number of aromatic nitrogens is 1. The molecule has 1 aromatic heterocycles. The predicted octanol–water partition coefficient (Wildman–Crippen LogP) is 1.05. The summed E-state index contributed by atoms with van der Waals surface area (Å²) in [7, 11) is 1.74. The molecule has 1 fully saturated rings. The molecule has 106 valence electrons. The topological polar surface area (TPSA) is 100 Å². The number of nitrogen functional groups attached to an aromatic ring is 1. The number of amides is 1. The Morgan fingerprint density at radius 1 is 1.58 bits per heavy atom. The summed E-state index contributed by atoms with van der Waals surface area (Å²) >= 11 is 1.25. The van der Waals surface area contributed by atoms with E-state index < -0.39 is 0 Å². The highest BCUT2D eigenvalue weighted by Gasteiger charge is 2.22. The van der Waals surface area contributed by atoms with Gasteiger partial charge in [0.15, 0.2) is 5.13 Å². The van der Waals surface area contributed by atoms with Crippen molar-refractivity contribution < 1.29 is 9.90 Å². The maximum absolute atomic E-state index is 12.0. The largest absolute Gasteiger partial charge is 0.393 e. The molecule has 0 radical (unpaired) electrons. The Morgan fingerprint density at radius 3 is 3.00 bits per heavy atom. The highest BCUT2D eigenvalue weighted by Crippen LogP contribution is 2.26. The van der Waals surface area contributed by atoms with Crippen molar-refractivity contribution in [3.63, 3.8) is 0 Å². The third kappa shape index (κ3) is 3.57. The lowest BCUT2D eigenvalue weighted by molar-refractivity contribution is 0.0877. The summed E-state index contributed by atoms with van der Waals surface area (Å²) in [4.78, 5) is 16.5. The number of nitrogens with one attached hydrogen (secondary N) is 2. The molecule has 1 saturated carbocycles. The van der Waals surface area contributed by atoms with Gasteiger partial charge in [0.05, 0.1) is 6.10 Å². The average Bonchev–Trinajstić information content (AvgIpc) is 2.77. The molecule has 1 aliphatic rings. The molecule has 1 aliphatic carbocycles. The number of nitrogens with two attached hydrogens (primary N) is 1. The quantitative estimate of drug-likeness (QED) is 0.662. The van der Waals surface area contributed by atoms with Crippen LogP contribution in [0.2, 0.25) is 0 Å². The van der Waals surface area contributed by atoms with E-state index in [1.165, 1.54) is 11.3 Å². The maximum Gasteiger partial charge on any atom is 0.265 e. The number of rotatable bonds is 4. The molecule has 0 bridgehead atoms. The average molecular weight is 284 g/mol. The van der Waals surface area contributed by atoms with E-state index in [0.29, 0.717) is 22.5 Å². The number of thiazole rings is 1. The Labute approximate surface area is 116 Å². The Hall–Kier alpha value is -1.34. The van der Waals surface area contributed by atoms with Crippen molar-refractivity contribution in [3.8, 4) is 0 Å². The Bertz CT molecular complexity index is 449. The molecule has 6 nitrogen and oxygen atoms in total. The molecule has 5 N–H and O–H groups in total. The number of nitrogens with zero attached hydrogens (tertiary/aromatic N) is 1. The van der Waals surface area contributed by atoms with E-state index in [4.69, 9.17) is 5.73 Å². The molecule has 19 heavy (non-hydrogen) atoms. The van der Waals surface area contributed by atoms with Crippen LogP contribution in [0.25, 0.3) is 0 Å². The van der Waals surface area contributed by atoms with Crippen molar-refractivity contribution in [1.82, 2.24) is 10.3 Å². The summed E-state index contributed by atoms with van der Waals surface area (Å²) < 4.78 is 0. The van der Waals surface area contributed by atoms with Crippen LogP contribution in [0.5, 0.6) is 0 Å². The summed E-state index contributed by atoms with van der Waals surface area (Å²) in [5.41, 5.74) is 5.71. The fourth-order valence-corrected chi connectivity index (χ4v) is 3.12. The van der Waals surface area contributed by atoms with Crippen LogP contribution in [-0.4, -0.2) is 35.7 Å². The lowest BCUT2D eigenvalue weighted by atomic mass is 9.87. The van der Waals surface area contributed by atoms with Gasteiger partial charge in [-0.25, -0.2) is 4.98 Å². The maximum atomic E-state index is 12.0. The summed E-state index contributed by atoms with van der Waals surface area (Å²) in [6, 6.07) is 0. The van der Waals surface area contributed by atoms with Crippen molar-refractivity contribution in [2.75, 3.05) is 24.6 Å². The van der Waals surface area contributed by atoms with E-state index in [1.807, 2.05) is 0 Å². The summed E-state index contributed by atoms with van der Waals surface area (Å²) in [5, 5.41) is 16.0. The number of anilines is 2. The number of hydrogen-bond donors (Lipinski definition) is 4. The van der Waals surface area contributed by atoms with Crippen LogP contribution in [-0.2, 0) is 0 Å². The molecule has 1 aromatic rings. The summed E-state index contributed by atoms with van der Waals surface area (Å²) in [6.45, 7) is 0.585. The van der Waals surface area contributed by atoms with Crippen molar-refractivity contribution in [2.24, 2.45) is 5.92 Å². The van der Waals surface area contributed by atoms with Crippen molar-refractivity contribution in [1.29, 1.82) is 0 Å². The van der Waals surface area contributed by atoms with Crippen molar-refractivity contribution >= 4 is 28.2 Å². The lowest BCUT2D eigenvalue weighted by Gasteiger charge is -2.25. The Kier molecular flexibility index (Phi) is 4.60. The third-order valence-electron chi connectivity index (χ3n) is 3.38. The second kappa shape index (κ2) is 6.21. The van der Waals surface area contributed by atoms with Crippen molar-refractivity contribution in [2.45, 2.75) is 31.8 Å². The van der Waals surface area contributed by atoms with Gasteiger partial charge in [0.1, 0.15) is 10.7 Å². The Morgan fingerprint density at radius 2 is 2.37 bits per heavy atom. The van der Waals surface area contributed by atoms with Gasteiger partial charge in [-0.3, -0.25) is 4.79 Å². The Balaban J connectivity index is 1.88. The normalized spacial score (nSPS) is 23.1. The first-order valence-electron chi connectivity index (χ1n) is 6.50. The van der Waals surface area contributed by atoms with Crippen LogP contribution in [0, 0.1) is 5.92 Å². The summed E-state index contributed by atoms with van der Waals surface area (Å²) in [5.74, 6) is 0.428. The molecule has 0 spiro atoms. The second-order valence-electron chi connectivity index (χ2n) is 4.88. The van der Waals surface area contributed by atoms with Gasteiger partial charge in [0.25, 0.3) is 5.91 Å². The highest BCUT2D eigenvalue weighted by molar-refractivity contribution is 7.18. The van der Waals surface area contributed by atoms with Gasteiger partial charge in [0.2, 0.25) is 0 Å². The van der Waals surface area contributed by atoms with Crippen LogP contribution < -0.4 is 16.4 Å². The van der Waals surface area contributed by atoms with Crippen molar-refractivity contribution in [3.05, 3.63) is 4.88 Å². The van der Waals surface area contributed by atoms with Gasteiger partial charge in [-0.2, -0.15) is 0 Å². The van der Waals surface area contributed by atoms with E-state index in [9.17, 15) is 9.90 Å². The standard InChI is InChI=1S/C12H20N4O2S/c1-14-12-16-10(13)9(19-12)11(18)15-6-7-3-2-4-8(17)5-7/h7-8,17H,2-6,13H2,1H3,(H,14,16)(H,15,18). The lowest BCUT2D eigenvalue weighted by Crippen LogP contribution is -2.32. The van der Waals surface area contributed by atoms with Crippen LogP contribution in [0.3, 0.4) is 0 Å². The SMILES string of the molecule is CNc1nc(N)c(C(=O)NCC2CCCC(O)C2)s1. The molecule has 0 aliphatic heterocycles. The van der Waals surface area contributed by atoms with Gasteiger partial charge < -0.3 is 21.5 Å². The van der Waals surface area contributed by atoms with E-state index >= 15 is 0 Å². The highest BCUT2D eigenvalue weighted by atomic mass is 32.1. The minimum atomic E-state index is -0.222. The number of aliphatic hydroxyl groups is 1. The first kappa shape index (κ1) is 14.1. The molecule has 0 saturated heterocycles. The predicted molar refractivity (Wildman–Crippen MR) is 76.4 cm³/mol. The van der Waals surface area contributed by atoms with Crippen LogP contribution in [0.1, 0.15) is 35.4 Å². The molecule has 7 heteroatoms. The van der Waals surface area contributed by atoms with E-state index in [-0.39, 0.29) is 17.8 Å². The zero-order chi connectivity index (χ0) is 13.8. The molecular weight excluding hydrogens is 264 g/mol. The van der Waals surface area contributed by atoms with Gasteiger partial charge >= 0.3 is 0 Å². The third-order valence-corrected chi connectivity index (χ3v) is 4.47. The van der Waals surface area contributed by atoms with E-state index in [0.717, 1.165) is 25.7 Å². The zero-order valence-corrected chi connectivity index (χ0v) is 11.8. The minimum absolute atomic E-state index is 0.184. The molecule has 2 rings (SSSR count). The van der Waals surface area contributed by atoms with Crippen LogP contribution in [0.15, 0.2) is 0 Å². The zero-order valence-electron chi connectivity index (χ0n) is 11.0. The fourth-order valence-electron chi connectivity index (χ4n) is 2.37. The van der Waals surface area contributed by atoms with Crippen LogP contribution in [0.4, 0.5) is 10.9 Å². The van der Waals surface area contributed by atoms with E-state index in [1.54, 1.807) is 7.05 Å². The molecular formula is C12H20N4O2S. The number of aliphatic hydroxyl groups excluding tert-OH is 1. The fraction of sp³-hybridized carbons (Fsp3) is 0.667. The molecule has 2 atom stereocenters. The van der Waals surface area contributed by atoms with E-state index in [2.05, 4.69) is 15.6 Å². The first-order chi connectivity index (χ1) is 9.10. The van der Waals surface area contributed by atoms with Gasteiger partial charge in [-0.1, -0.05) is 17.8 Å².